The number of amides is 3. The first-order valence-corrected chi connectivity index (χ1v) is 11.2. The molecule has 0 bridgehead atoms. The van der Waals surface area contributed by atoms with Gasteiger partial charge in [-0.2, -0.15) is 0 Å². The van der Waals surface area contributed by atoms with Crippen molar-refractivity contribution < 1.29 is 19.1 Å². The normalized spacial score (nSPS) is 13.0. The van der Waals surface area contributed by atoms with Gasteiger partial charge in [-0.1, -0.05) is 60.7 Å². The van der Waals surface area contributed by atoms with Crippen molar-refractivity contribution in [1.82, 2.24) is 9.80 Å². The van der Waals surface area contributed by atoms with E-state index < -0.39 is 23.6 Å². The Labute approximate surface area is 196 Å². The molecule has 0 unspecified atom stereocenters. The number of nitrogens with zero attached hydrogens (tertiary/aromatic N) is 2. The first-order valence-electron chi connectivity index (χ1n) is 11.2. The molecule has 0 aromatic heterocycles. The fourth-order valence-corrected chi connectivity index (χ4v) is 3.50. The monoisotopic (exact) mass is 453 g/mol. The van der Waals surface area contributed by atoms with Crippen LogP contribution in [0.15, 0.2) is 60.7 Å². The van der Waals surface area contributed by atoms with E-state index in [4.69, 9.17) is 10.5 Å². The van der Waals surface area contributed by atoms with Gasteiger partial charge in [-0.15, -0.1) is 0 Å². The van der Waals surface area contributed by atoms with E-state index in [2.05, 4.69) is 0 Å². The molecule has 0 aliphatic rings. The summed E-state index contributed by atoms with van der Waals surface area (Å²) in [5.74, 6) is -0.782. The molecule has 7 nitrogen and oxygen atoms in total. The summed E-state index contributed by atoms with van der Waals surface area (Å²) in [7, 11) is 0. The number of hydrogen-bond acceptors (Lipinski definition) is 4. The lowest BCUT2D eigenvalue weighted by Gasteiger charge is -2.35. The molecule has 0 saturated heterocycles. The summed E-state index contributed by atoms with van der Waals surface area (Å²) >= 11 is 0. The van der Waals surface area contributed by atoms with Crippen LogP contribution in [0.25, 0.3) is 0 Å². The van der Waals surface area contributed by atoms with E-state index in [1.807, 2.05) is 74.5 Å². The highest BCUT2D eigenvalue weighted by atomic mass is 16.6. The number of carbonyl (C=O) groups excluding carboxylic acids is 3. The van der Waals surface area contributed by atoms with Crippen molar-refractivity contribution in [3.05, 3.63) is 71.8 Å². The number of benzene rings is 2. The van der Waals surface area contributed by atoms with Gasteiger partial charge in [-0.3, -0.25) is 14.5 Å². The van der Waals surface area contributed by atoms with E-state index in [0.29, 0.717) is 0 Å². The zero-order valence-corrected chi connectivity index (χ0v) is 20.2. The standard InChI is InChI=1S/C26H35N3O4/c1-19(21-12-8-6-9-13-21)28(17-16-23(27)30)24(31)18-29(25(32)33-26(3,4)5)20(2)22-14-10-7-11-15-22/h6-15,19-20H,16-18H2,1-5H3,(H2,27,30)/t19-,20-/m0/s1. The van der Waals surface area contributed by atoms with Crippen LogP contribution >= 0.6 is 0 Å². The zero-order valence-electron chi connectivity index (χ0n) is 20.2. The van der Waals surface area contributed by atoms with Crippen LogP contribution in [0.4, 0.5) is 4.79 Å². The van der Waals surface area contributed by atoms with E-state index in [1.54, 1.807) is 25.7 Å². The summed E-state index contributed by atoms with van der Waals surface area (Å²) in [6, 6.07) is 18.3. The average Bonchev–Trinajstić information content (AvgIpc) is 2.76. The predicted octanol–water partition coefficient (Wildman–Crippen LogP) is 4.45. The van der Waals surface area contributed by atoms with E-state index in [-0.39, 0.29) is 31.5 Å². The number of hydrogen-bond donors (Lipinski definition) is 1. The van der Waals surface area contributed by atoms with E-state index >= 15 is 0 Å². The van der Waals surface area contributed by atoms with Gasteiger partial charge in [0.05, 0.1) is 12.1 Å². The third-order valence-corrected chi connectivity index (χ3v) is 5.35. The molecular formula is C26H35N3O4. The van der Waals surface area contributed by atoms with Gasteiger partial charge in [0, 0.05) is 13.0 Å². The minimum atomic E-state index is -0.711. The second kappa shape index (κ2) is 11.5. The van der Waals surface area contributed by atoms with Gasteiger partial charge < -0.3 is 15.4 Å². The summed E-state index contributed by atoms with van der Waals surface area (Å²) in [6.45, 7) is 9.08. The summed E-state index contributed by atoms with van der Waals surface area (Å²) in [5, 5.41) is 0. The lowest BCUT2D eigenvalue weighted by Crippen LogP contribution is -2.47. The van der Waals surface area contributed by atoms with Crippen LogP contribution in [0.3, 0.4) is 0 Å². The summed E-state index contributed by atoms with van der Waals surface area (Å²) in [4.78, 5) is 41.1. The van der Waals surface area contributed by atoms with Crippen molar-refractivity contribution in [2.75, 3.05) is 13.1 Å². The summed E-state index contributed by atoms with van der Waals surface area (Å²) in [5.41, 5.74) is 6.46. The van der Waals surface area contributed by atoms with Crippen LogP contribution in [0.2, 0.25) is 0 Å². The van der Waals surface area contributed by atoms with Gasteiger partial charge >= 0.3 is 6.09 Å². The van der Waals surface area contributed by atoms with Crippen LogP contribution in [-0.2, 0) is 14.3 Å². The van der Waals surface area contributed by atoms with Crippen molar-refractivity contribution in [1.29, 1.82) is 0 Å². The fourth-order valence-electron chi connectivity index (χ4n) is 3.50. The van der Waals surface area contributed by atoms with Crippen LogP contribution in [0, 0.1) is 0 Å². The Kier molecular flexibility index (Phi) is 9.02. The van der Waals surface area contributed by atoms with Gasteiger partial charge in [-0.25, -0.2) is 4.79 Å². The van der Waals surface area contributed by atoms with E-state index in [0.717, 1.165) is 11.1 Å². The quantitative estimate of drug-likeness (QED) is 0.607. The van der Waals surface area contributed by atoms with Crippen molar-refractivity contribution in [3.63, 3.8) is 0 Å². The minimum Gasteiger partial charge on any atom is -0.444 e. The van der Waals surface area contributed by atoms with Crippen LogP contribution in [0.5, 0.6) is 0 Å². The molecule has 2 aromatic rings. The zero-order chi connectivity index (χ0) is 24.6. The predicted molar refractivity (Wildman–Crippen MR) is 128 cm³/mol. The number of nitrogens with two attached hydrogens (primary N) is 1. The fraction of sp³-hybridized carbons (Fsp3) is 0.423. The highest BCUT2D eigenvalue weighted by Gasteiger charge is 2.31. The van der Waals surface area contributed by atoms with Crippen molar-refractivity contribution in [2.24, 2.45) is 5.73 Å². The van der Waals surface area contributed by atoms with Gasteiger partial charge in [0.15, 0.2) is 0 Å². The average molecular weight is 454 g/mol. The van der Waals surface area contributed by atoms with Crippen molar-refractivity contribution in [2.45, 2.75) is 58.7 Å². The molecule has 2 aromatic carbocycles. The van der Waals surface area contributed by atoms with Crippen molar-refractivity contribution >= 4 is 17.9 Å². The highest BCUT2D eigenvalue weighted by molar-refractivity contribution is 5.83. The maximum absolute atomic E-state index is 13.5. The topological polar surface area (TPSA) is 92.9 Å². The first kappa shape index (κ1) is 25.9. The molecule has 33 heavy (non-hydrogen) atoms. The molecule has 2 atom stereocenters. The molecule has 0 radical (unpaired) electrons. The minimum absolute atomic E-state index is 0.0313. The Morgan fingerprint density at radius 1 is 0.848 bits per heavy atom. The van der Waals surface area contributed by atoms with E-state index in [9.17, 15) is 14.4 Å². The SMILES string of the molecule is C[C@@H](c1ccccc1)N(CCC(N)=O)C(=O)CN(C(=O)OC(C)(C)C)[C@@H](C)c1ccccc1. The van der Waals surface area contributed by atoms with Gasteiger partial charge in [0.1, 0.15) is 12.1 Å². The lowest BCUT2D eigenvalue weighted by molar-refractivity contribution is -0.135. The van der Waals surface area contributed by atoms with Crippen LogP contribution < -0.4 is 5.73 Å². The van der Waals surface area contributed by atoms with E-state index in [1.165, 1.54) is 4.90 Å². The summed E-state index contributed by atoms with van der Waals surface area (Å²) in [6.07, 6.45) is -0.543. The maximum Gasteiger partial charge on any atom is 0.411 e. The maximum atomic E-state index is 13.5. The Hall–Kier alpha value is -3.35. The molecule has 7 heteroatoms. The number of primary amides is 1. The van der Waals surface area contributed by atoms with Gasteiger partial charge in [0.25, 0.3) is 0 Å². The molecule has 0 saturated carbocycles. The summed E-state index contributed by atoms with van der Waals surface area (Å²) < 4.78 is 5.61. The highest BCUT2D eigenvalue weighted by Crippen LogP contribution is 2.25. The second-order valence-electron chi connectivity index (χ2n) is 9.09. The molecule has 3 amide bonds. The van der Waals surface area contributed by atoms with Crippen LogP contribution in [-0.4, -0.2) is 46.4 Å². The lowest BCUT2D eigenvalue weighted by atomic mass is 10.1. The first-order chi connectivity index (χ1) is 15.5. The van der Waals surface area contributed by atoms with Crippen molar-refractivity contribution in [3.8, 4) is 0 Å². The third kappa shape index (κ3) is 7.93. The number of rotatable bonds is 9. The molecule has 2 N–H and O–H groups in total. The molecule has 0 fully saturated rings. The molecule has 0 aliphatic carbocycles. The molecule has 178 valence electrons. The smallest absolute Gasteiger partial charge is 0.411 e. The Balaban J connectivity index is 2.33. The molecule has 0 heterocycles. The van der Waals surface area contributed by atoms with Gasteiger partial charge in [-0.05, 0) is 45.7 Å². The Bertz CT molecular complexity index is 926. The Morgan fingerprint density at radius 2 is 1.30 bits per heavy atom. The second-order valence-corrected chi connectivity index (χ2v) is 9.09. The molecule has 0 aliphatic heterocycles. The largest absolute Gasteiger partial charge is 0.444 e. The van der Waals surface area contributed by atoms with Gasteiger partial charge in [0.2, 0.25) is 11.8 Å². The Morgan fingerprint density at radius 3 is 1.73 bits per heavy atom. The molecule has 0 spiro atoms. The van der Waals surface area contributed by atoms with Crippen LogP contribution in [0.1, 0.15) is 64.3 Å². The number of carbonyl (C=O) groups is 3. The molecule has 2 rings (SSSR count). The number of ether oxygens (including phenoxy) is 1. The third-order valence-electron chi connectivity index (χ3n) is 5.35. The molecular weight excluding hydrogens is 418 g/mol.